The third-order valence-corrected chi connectivity index (χ3v) is 4.93. The van der Waals surface area contributed by atoms with Crippen molar-refractivity contribution in [1.82, 2.24) is 5.32 Å². The fraction of sp³-hybridized carbons (Fsp3) is 0.533. The maximum absolute atomic E-state index is 13.0. The molecule has 7 heteroatoms. The average Bonchev–Trinajstić information content (AvgIpc) is 3.17. The van der Waals surface area contributed by atoms with Crippen LogP contribution in [0.25, 0.3) is 0 Å². The second-order valence-electron chi connectivity index (χ2n) is 6.22. The van der Waals surface area contributed by atoms with Crippen molar-refractivity contribution < 1.29 is 23.1 Å². The van der Waals surface area contributed by atoms with Crippen molar-refractivity contribution in [3.05, 3.63) is 34.3 Å². The first-order valence-corrected chi connectivity index (χ1v) is 7.82. The first-order chi connectivity index (χ1) is 10.2. The van der Waals surface area contributed by atoms with Crippen LogP contribution in [0, 0.1) is 0 Å². The van der Waals surface area contributed by atoms with Gasteiger partial charge in [0, 0.05) is 23.4 Å². The summed E-state index contributed by atoms with van der Waals surface area (Å²) in [7, 11) is 0. The van der Waals surface area contributed by atoms with Gasteiger partial charge >= 0.3 is 6.18 Å². The van der Waals surface area contributed by atoms with E-state index in [0.29, 0.717) is 10.0 Å². The van der Waals surface area contributed by atoms with Gasteiger partial charge in [0.1, 0.15) is 0 Å². The lowest BCUT2D eigenvalue weighted by Gasteiger charge is -2.52. The number of amides is 1. The number of aliphatic hydroxyl groups is 1. The summed E-state index contributed by atoms with van der Waals surface area (Å²) < 4.78 is 39.6. The third kappa shape index (κ3) is 2.54. The van der Waals surface area contributed by atoms with Crippen LogP contribution in [-0.2, 0) is 10.2 Å². The molecule has 2 aliphatic rings. The van der Waals surface area contributed by atoms with Gasteiger partial charge in [-0.25, -0.2) is 0 Å². The molecule has 0 radical (unpaired) electrons. The summed E-state index contributed by atoms with van der Waals surface area (Å²) in [4.78, 5) is 12.5. The first-order valence-electron chi connectivity index (χ1n) is 7.02. The van der Waals surface area contributed by atoms with E-state index in [1.54, 1.807) is 24.3 Å². The summed E-state index contributed by atoms with van der Waals surface area (Å²) in [5.74, 6) is -0.429. The second kappa shape index (κ2) is 4.96. The molecule has 0 aliphatic heterocycles. The Balaban J connectivity index is 1.93. The Labute approximate surface area is 134 Å². The highest BCUT2D eigenvalue weighted by molar-refractivity contribution is 9.10. The maximum atomic E-state index is 13.0. The minimum absolute atomic E-state index is 0.0520. The maximum Gasteiger partial charge on any atom is 0.417 e. The zero-order valence-corrected chi connectivity index (χ0v) is 13.2. The van der Waals surface area contributed by atoms with Crippen molar-refractivity contribution in [2.45, 2.75) is 48.9 Å². The molecule has 0 spiro atoms. The van der Waals surface area contributed by atoms with Gasteiger partial charge in [-0.15, -0.1) is 0 Å². The lowest BCUT2D eigenvalue weighted by molar-refractivity contribution is -0.301. The molecule has 2 aliphatic carbocycles. The molecule has 0 aromatic heterocycles. The van der Waals surface area contributed by atoms with Crippen molar-refractivity contribution in [2.24, 2.45) is 0 Å². The SMILES string of the molecule is O=C(NC1CC1)C1(c2cccc(Br)c2)CC(O)(C(F)(F)F)C1. The summed E-state index contributed by atoms with van der Waals surface area (Å²) in [5.41, 5.74) is -3.62. The van der Waals surface area contributed by atoms with Gasteiger partial charge in [0.25, 0.3) is 0 Å². The molecule has 0 heterocycles. The number of halogens is 4. The number of hydrogen-bond donors (Lipinski definition) is 2. The van der Waals surface area contributed by atoms with Crippen LogP contribution < -0.4 is 5.32 Å². The average molecular weight is 378 g/mol. The van der Waals surface area contributed by atoms with Crippen molar-refractivity contribution in [3.8, 4) is 0 Å². The molecule has 3 nitrogen and oxygen atoms in total. The van der Waals surface area contributed by atoms with E-state index in [2.05, 4.69) is 21.2 Å². The predicted octanol–water partition coefficient (Wildman–Crippen LogP) is 3.05. The van der Waals surface area contributed by atoms with Crippen LogP contribution in [0.4, 0.5) is 13.2 Å². The van der Waals surface area contributed by atoms with Crippen molar-refractivity contribution in [3.63, 3.8) is 0 Å². The smallest absolute Gasteiger partial charge is 0.380 e. The zero-order chi connectivity index (χ0) is 16.2. The molecule has 0 bridgehead atoms. The minimum atomic E-state index is -4.73. The van der Waals surface area contributed by atoms with Crippen LogP contribution in [-0.4, -0.2) is 28.8 Å². The number of benzene rings is 1. The number of carbonyl (C=O) groups is 1. The molecular formula is C15H15BrF3NO2. The molecule has 1 amide bonds. The Hall–Kier alpha value is -1.08. The molecule has 22 heavy (non-hydrogen) atoms. The number of rotatable bonds is 3. The molecule has 0 unspecified atom stereocenters. The van der Waals surface area contributed by atoms with E-state index in [4.69, 9.17) is 0 Å². The zero-order valence-electron chi connectivity index (χ0n) is 11.6. The molecule has 0 atom stereocenters. The standard InChI is InChI=1S/C15H15BrF3NO2/c16-10-3-1-2-9(6-10)13(12(21)20-11-4-5-11)7-14(22,8-13)15(17,18)19/h1-3,6,11,22H,4-5,7-8H2,(H,20,21). The molecule has 120 valence electrons. The van der Waals surface area contributed by atoms with Crippen LogP contribution in [0.15, 0.2) is 28.7 Å². The minimum Gasteiger partial charge on any atom is -0.380 e. The molecular weight excluding hydrogens is 363 g/mol. The number of carbonyl (C=O) groups excluding carboxylic acids is 1. The molecule has 2 fully saturated rings. The number of hydrogen-bond acceptors (Lipinski definition) is 2. The fourth-order valence-corrected chi connectivity index (χ4v) is 3.38. The molecule has 2 N–H and O–H groups in total. The Morgan fingerprint density at radius 3 is 2.45 bits per heavy atom. The highest BCUT2D eigenvalue weighted by atomic mass is 79.9. The number of alkyl halides is 3. The fourth-order valence-electron chi connectivity index (χ4n) is 2.98. The monoisotopic (exact) mass is 377 g/mol. The third-order valence-electron chi connectivity index (χ3n) is 4.44. The Bertz CT molecular complexity index is 607. The number of nitrogens with one attached hydrogen (secondary N) is 1. The topological polar surface area (TPSA) is 49.3 Å². The van der Waals surface area contributed by atoms with Crippen molar-refractivity contribution in [2.75, 3.05) is 0 Å². The van der Waals surface area contributed by atoms with Crippen molar-refractivity contribution in [1.29, 1.82) is 0 Å². The van der Waals surface area contributed by atoms with E-state index in [0.717, 1.165) is 12.8 Å². The molecule has 2 saturated carbocycles. The summed E-state index contributed by atoms with van der Waals surface area (Å²) in [6.07, 6.45) is -4.31. The van der Waals surface area contributed by atoms with Gasteiger partial charge in [0.15, 0.2) is 5.60 Å². The van der Waals surface area contributed by atoms with Crippen LogP contribution in [0.5, 0.6) is 0 Å². The van der Waals surface area contributed by atoms with Gasteiger partial charge in [-0.2, -0.15) is 13.2 Å². The van der Waals surface area contributed by atoms with Gasteiger partial charge < -0.3 is 10.4 Å². The summed E-state index contributed by atoms with van der Waals surface area (Å²) in [6, 6.07) is 6.74. The van der Waals surface area contributed by atoms with Crippen molar-refractivity contribution >= 4 is 21.8 Å². The predicted molar refractivity (Wildman–Crippen MR) is 77.2 cm³/mol. The second-order valence-corrected chi connectivity index (χ2v) is 7.14. The summed E-state index contributed by atoms with van der Waals surface area (Å²) in [5, 5.41) is 12.6. The van der Waals surface area contributed by atoms with Gasteiger partial charge in [-0.05, 0) is 30.5 Å². The quantitative estimate of drug-likeness (QED) is 0.850. The van der Waals surface area contributed by atoms with Crippen LogP contribution in [0.1, 0.15) is 31.2 Å². The van der Waals surface area contributed by atoms with E-state index in [1.165, 1.54) is 0 Å². The van der Waals surface area contributed by atoms with E-state index < -0.39 is 35.9 Å². The van der Waals surface area contributed by atoms with E-state index in [1.807, 2.05) is 0 Å². The summed E-state index contributed by atoms with van der Waals surface area (Å²) in [6.45, 7) is 0. The van der Waals surface area contributed by atoms with Crippen LogP contribution in [0.3, 0.4) is 0 Å². The van der Waals surface area contributed by atoms with E-state index >= 15 is 0 Å². The molecule has 0 saturated heterocycles. The highest BCUT2D eigenvalue weighted by Gasteiger charge is 2.70. The van der Waals surface area contributed by atoms with Crippen LogP contribution >= 0.6 is 15.9 Å². The van der Waals surface area contributed by atoms with Gasteiger partial charge in [0.2, 0.25) is 5.91 Å². The molecule has 1 aromatic rings. The van der Waals surface area contributed by atoms with Gasteiger partial charge in [0.05, 0.1) is 5.41 Å². The Kier molecular flexibility index (Phi) is 3.56. The molecule has 1 aromatic carbocycles. The van der Waals surface area contributed by atoms with Gasteiger partial charge in [-0.1, -0.05) is 28.1 Å². The van der Waals surface area contributed by atoms with Gasteiger partial charge in [-0.3, -0.25) is 4.79 Å². The first kappa shape index (κ1) is 15.8. The lowest BCUT2D eigenvalue weighted by atomic mass is 9.55. The largest absolute Gasteiger partial charge is 0.417 e. The normalized spacial score (nSPS) is 31.5. The molecule has 3 rings (SSSR count). The van der Waals surface area contributed by atoms with E-state index in [-0.39, 0.29) is 6.04 Å². The lowest BCUT2D eigenvalue weighted by Crippen LogP contribution is -2.67. The highest BCUT2D eigenvalue weighted by Crippen LogP contribution is 2.57. The Morgan fingerprint density at radius 1 is 1.32 bits per heavy atom. The Morgan fingerprint density at radius 2 is 1.95 bits per heavy atom. The van der Waals surface area contributed by atoms with Crippen LogP contribution in [0.2, 0.25) is 0 Å². The van der Waals surface area contributed by atoms with E-state index in [9.17, 15) is 23.1 Å². The summed E-state index contributed by atoms with van der Waals surface area (Å²) >= 11 is 3.27.